The molecule has 224 valence electrons. The third kappa shape index (κ3) is 7.20. The average Bonchev–Trinajstić information content (AvgIpc) is 3.69. The van der Waals surface area contributed by atoms with Crippen molar-refractivity contribution in [1.82, 2.24) is 40.5 Å². The van der Waals surface area contributed by atoms with Gasteiger partial charge in [0.25, 0.3) is 0 Å². The number of nitrogens with one attached hydrogen (secondary N) is 4. The quantitative estimate of drug-likeness (QED) is 0.144. The lowest BCUT2D eigenvalue weighted by atomic mass is 9.98. The molecule has 3 aromatic rings. The van der Waals surface area contributed by atoms with Crippen LogP contribution in [0.1, 0.15) is 37.9 Å². The van der Waals surface area contributed by atoms with E-state index in [1.165, 1.54) is 6.07 Å². The van der Waals surface area contributed by atoms with Crippen LogP contribution in [-0.2, 0) is 26.0 Å². The lowest BCUT2D eigenvalue weighted by molar-refractivity contribution is -0.136. The summed E-state index contributed by atoms with van der Waals surface area (Å²) in [4.78, 5) is 30.5. The first-order chi connectivity index (χ1) is 20.2. The molecule has 2 aromatic carbocycles. The van der Waals surface area contributed by atoms with E-state index in [1.54, 1.807) is 28.0 Å². The van der Waals surface area contributed by atoms with E-state index < -0.39 is 27.9 Å². The highest BCUT2D eigenvalue weighted by atomic mass is 32.2. The van der Waals surface area contributed by atoms with E-state index in [-0.39, 0.29) is 35.8 Å². The van der Waals surface area contributed by atoms with Crippen molar-refractivity contribution < 1.29 is 18.0 Å². The van der Waals surface area contributed by atoms with Crippen molar-refractivity contribution >= 4 is 38.6 Å². The highest BCUT2D eigenvalue weighted by Gasteiger charge is 2.38. The molecule has 1 aromatic heterocycles. The lowest BCUT2D eigenvalue weighted by Gasteiger charge is -2.33. The van der Waals surface area contributed by atoms with E-state index >= 15 is 0 Å². The number of sulfonamides is 1. The molecular weight excluding hydrogens is 560 g/mol. The third-order valence-electron chi connectivity index (χ3n) is 7.71. The van der Waals surface area contributed by atoms with Gasteiger partial charge in [-0.15, -0.1) is 10.2 Å². The Morgan fingerprint density at radius 2 is 1.95 bits per heavy atom. The number of tetrazole rings is 1. The van der Waals surface area contributed by atoms with Crippen LogP contribution in [0.15, 0.2) is 47.4 Å². The highest BCUT2D eigenvalue weighted by Crippen LogP contribution is 2.29. The van der Waals surface area contributed by atoms with Gasteiger partial charge >= 0.3 is 0 Å². The molecule has 0 radical (unpaired) electrons. The van der Waals surface area contributed by atoms with Gasteiger partial charge in [0, 0.05) is 44.0 Å². The van der Waals surface area contributed by atoms with Crippen LogP contribution in [0.2, 0.25) is 0 Å². The van der Waals surface area contributed by atoms with Gasteiger partial charge in [0.15, 0.2) is 11.8 Å². The second-order valence-corrected chi connectivity index (χ2v) is 12.5. The molecule has 42 heavy (non-hydrogen) atoms. The van der Waals surface area contributed by atoms with Gasteiger partial charge < -0.3 is 20.9 Å². The number of aromatic nitrogens is 4. The smallest absolute Gasteiger partial charge is 0.241 e. The van der Waals surface area contributed by atoms with E-state index in [9.17, 15) is 18.0 Å². The average molecular weight is 597 g/mol. The van der Waals surface area contributed by atoms with Crippen molar-refractivity contribution in [2.75, 3.05) is 26.2 Å². The van der Waals surface area contributed by atoms with E-state index in [4.69, 9.17) is 11.1 Å². The Bertz CT molecular complexity index is 1520. The monoisotopic (exact) mass is 596 g/mol. The maximum Gasteiger partial charge on any atom is 0.241 e. The molecule has 1 saturated carbocycles. The maximum absolute atomic E-state index is 13.9. The second kappa shape index (κ2) is 12.8. The molecule has 2 fully saturated rings. The Balaban J connectivity index is 1.34. The van der Waals surface area contributed by atoms with Gasteiger partial charge in [-0.3, -0.25) is 15.0 Å². The summed E-state index contributed by atoms with van der Waals surface area (Å²) in [5.41, 5.74) is 5.64. The van der Waals surface area contributed by atoms with Gasteiger partial charge in [-0.05, 0) is 43.1 Å². The zero-order valence-electron chi connectivity index (χ0n) is 23.2. The Kier molecular flexibility index (Phi) is 8.97. The summed E-state index contributed by atoms with van der Waals surface area (Å²) in [5, 5.41) is 25.7. The van der Waals surface area contributed by atoms with Crippen molar-refractivity contribution in [3.05, 3.63) is 48.3 Å². The molecule has 14 nitrogen and oxygen atoms in total. The van der Waals surface area contributed by atoms with E-state index in [2.05, 4.69) is 30.7 Å². The van der Waals surface area contributed by atoms with Crippen LogP contribution in [0.3, 0.4) is 0 Å². The number of aromatic amines is 1. The number of carbonyl (C=O) groups is 2. The zero-order valence-corrected chi connectivity index (χ0v) is 24.0. The van der Waals surface area contributed by atoms with E-state index in [0.717, 1.165) is 31.1 Å². The number of hydrogen-bond acceptors (Lipinski definition) is 8. The Hall–Kier alpha value is -4.11. The molecule has 0 unspecified atom stereocenters. The highest BCUT2D eigenvalue weighted by molar-refractivity contribution is 7.89. The first kappa shape index (κ1) is 29.4. The van der Waals surface area contributed by atoms with Crippen LogP contribution in [0.4, 0.5) is 0 Å². The van der Waals surface area contributed by atoms with E-state index in [0.29, 0.717) is 37.3 Å². The van der Waals surface area contributed by atoms with Crippen molar-refractivity contribution in [1.29, 1.82) is 5.41 Å². The predicted molar refractivity (Wildman–Crippen MR) is 155 cm³/mol. The van der Waals surface area contributed by atoms with Crippen LogP contribution >= 0.6 is 0 Å². The molecule has 1 saturated heterocycles. The third-order valence-corrected chi connectivity index (χ3v) is 9.24. The normalized spacial score (nSPS) is 18.0. The minimum absolute atomic E-state index is 0.000479. The summed E-state index contributed by atoms with van der Waals surface area (Å²) in [6.07, 6.45) is 3.27. The number of piperidine rings is 1. The van der Waals surface area contributed by atoms with Gasteiger partial charge in [0.05, 0.1) is 11.3 Å². The van der Waals surface area contributed by atoms with Crippen LogP contribution in [0, 0.1) is 11.3 Å². The number of rotatable bonds is 12. The largest absolute Gasteiger partial charge is 0.370 e. The number of H-pyrrole nitrogens is 1. The fraction of sp³-hybridized carbons (Fsp3) is 0.481. The van der Waals surface area contributed by atoms with Gasteiger partial charge in [-0.1, -0.05) is 41.6 Å². The molecule has 0 spiro atoms. The SMILES string of the molecule is N=C(N)N1CCC[C@@H](CNC(=O)C[C@H](NS(=O)(=O)c2cccc3ccccc23)C(=O)N(CCc2nn[nH]n2)C2CC2)C1. The van der Waals surface area contributed by atoms with Crippen molar-refractivity contribution in [3.8, 4) is 0 Å². The zero-order chi connectivity index (χ0) is 29.7. The topological polar surface area (TPSA) is 203 Å². The van der Waals surface area contributed by atoms with Gasteiger partial charge in [0.1, 0.15) is 6.04 Å². The Morgan fingerprint density at radius 1 is 1.17 bits per heavy atom. The summed E-state index contributed by atoms with van der Waals surface area (Å²) in [6.45, 7) is 1.86. The van der Waals surface area contributed by atoms with Crippen LogP contribution in [-0.4, -0.2) is 94.9 Å². The van der Waals surface area contributed by atoms with Gasteiger partial charge in [0.2, 0.25) is 21.8 Å². The first-order valence-corrected chi connectivity index (χ1v) is 15.6. The number of carbonyl (C=O) groups excluding carboxylic acids is 2. The van der Waals surface area contributed by atoms with E-state index in [1.807, 2.05) is 18.2 Å². The maximum atomic E-state index is 13.9. The molecule has 6 N–H and O–H groups in total. The number of likely N-dealkylation sites (tertiary alicyclic amines) is 1. The molecule has 2 aliphatic rings. The number of nitrogens with two attached hydrogens (primary N) is 1. The molecular formula is C27H36N10O4S. The number of benzene rings is 2. The summed E-state index contributed by atoms with van der Waals surface area (Å²) in [5.74, 6) is -0.388. The minimum atomic E-state index is -4.19. The van der Waals surface area contributed by atoms with Gasteiger partial charge in [-0.25, -0.2) is 8.42 Å². The molecule has 15 heteroatoms. The molecule has 2 amide bonds. The van der Waals surface area contributed by atoms with Crippen LogP contribution in [0.5, 0.6) is 0 Å². The molecule has 2 heterocycles. The summed E-state index contributed by atoms with van der Waals surface area (Å²) in [7, 11) is -4.19. The molecule has 2 atom stereocenters. The summed E-state index contributed by atoms with van der Waals surface area (Å²) in [6, 6.07) is 10.7. The molecule has 0 bridgehead atoms. The number of fused-ring (bicyclic) bond motifs is 1. The van der Waals surface area contributed by atoms with Crippen LogP contribution in [0.25, 0.3) is 10.8 Å². The first-order valence-electron chi connectivity index (χ1n) is 14.1. The van der Waals surface area contributed by atoms with Crippen LogP contribution < -0.4 is 15.8 Å². The standard InChI is InChI=1S/C27H36N10O4S/c28-27(29)36-13-4-5-18(17-36)16-30-25(38)15-22(26(39)37(20-10-11-20)14-12-24-31-34-35-32-24)33-42(40,41)23-9-3-7-19-6-1-2-8-21(19)23/h1-3,6-9,18,20,22,33H,4-5,10-17H2,(H3,28,29)(H,30,38)(H,31,32,34,35)/t18-,22-/m0/s1. The lowest BCUT2D eigenvalue weighted by Crippen LogP contribution is -2.52. The fourth-order valence-electron chi connectivity index (χ4n) is 5.39. The number of amides is 2. The summed E-state index contributed by atoms with van der Waals surface area (Å²) < 4.78 is 30.0. The number of nitrogens with zero attached hydrogens (tertiary/aromatic N) is 5. The minimum Gasteiger partial charge on any atom is -0.370 e. The number of guanidine groups is 1. The molecule has 5 rings (SSSR count). The van der Waals surface area contributed by atoms with Crippen molar-refractivity contribution in [2.24, 2.45) is 11.7 Å². The fourth-order valence-corrected chi connectivity index (χ4v) is 6.81. The Morgan fingerprint density at radius 3 is 2.69 bits per heavy atom. The number of hydrogen-bond donors (Lipinski definition) is 5. The van der Waals surface area contributed by atoms with Gasteiger partial charge in [-0.2, -0.15) is 9.94 Å². The Labute approximate surface area is 243 Å². The van der Waals surface area contributed by atoms with Crippen molar-refractivity contribution in [2.45, 2.75) is 55.5 Å². The molecule has 1 aliphatic heterocycles. The van der Waals surface area contributed by atoms with Crippen molar-refractivity contribution in [3.63, 3.8) is 0 Å². The predicted octanol–water partition coefficient (Wildman–Crippen LogP) is 0.345. The molecule has 1 aliphatic carbocycles. The second-order valence-electron chi connectivity index (χ2n) is 10.8. The summed E-state index contributed by atoms with van der Waals surface area (Å²) >= 11 is 0.